The van der Waals surface area contributed by atoms with Gasteiger partial charge in [-0.05, 0) is 13.8 Å². The zero-order valence-corrected chi connectivity index (χ0v) is 9.92. The Balaban J connectivity index is 2.60. The molecule has 6 nitrogen and oxygen atoms in total. The van der Waals surface area contributed by atoms with E-state index >= 15 is 0 Å². The van der Waals surface area contributed by atoms with Crippen LogP contribution in [0.5, 0.6) is 0 Å². The third kappa shape index (κ3) is 3.30. The Labute approximate surface area is 99.5 Å². The normalized spacial score (nSPS) is 17.4. The van der Waals surface area contributed by atoms with Crippen LogP contribution in [-0.4, -0.2) is 58.4 Å². The molecular formula is C11H16N2O4. The van der Waals surface area contributed by atoms with Crippen molar-refractivity contribution < 1.29 is 19.5 Å². The number of carboxylic acids is 1. The minimum absolute atomic E-state index is 0.00293. The van der Waals surface area contributed by atoms with Gasteiger partial charge in [0.2, 0.25) is 0 Å². The zero-order valence-electron chi connectivity index (χ0n) is 9.92. The van der Waals surface area contributed by atoms with Crippen LogP contribution >= 0.6 is 0 Å². The molecule has 94 valence electrons. The fourth-order valence-electron chi connectivity index (χ4n) is 1.64. The minimum atomic E-state index is -1.07. The van der Waals surface area contributed by atoms with Crippen LogP contribution in [-0.2, 0) is 14.4 Å². The number of carboxylic acid groups (broad SMARTS) is 1. The molecular weight excluding hydrogens is 224 g/mol. The average molecular weight is 240 g/mol. The van der Waals surface area contributed by atoms with Crippen molar-refractivity contribution in [2.75, 3.05) is 19.6 Å². The van der Waals surface area contributed by atoms with Crippen LogP contribution in [0, 0.1) is 0 Å². The van der Waals surface area contributed by atoms with Crippen molar-refractivity contribution in [1.82, 2.24) is 9.80 Å². The summed E-state index contributed by atoms with van der Waals surface area (Å²) in [5.74, 6) is -2.15. The summed E-state index contributed by atoms with van der Waals surface area (Å²) in [7, 11) is 0. The van der Waals surface area contributed by atoms with Gasteiger partial charge in [0.1, 0.15) is 0 Å². The topological polar surface area (TPSA) is 77.9 Å². The summed E-state index contributed by atoms with van der Waals surface area (Å²) in [6.07, 6.45) is 2.32. The molecule has 0 aromatic heterocycles. The Morgan fingerprint density at radius 1 is 1.35 bits per heavy atom. The van der Waals surface area contributed by atoms with Crippen LogP contribution in [0.25, 0.3) is 0 Å². The van der Waals surface area contributed by atoms with Crippen molar-refractivity contribution in [1.29, 1.82) is 0 Å². The van der Waals surface area contributed by atoms with E-state index in [0.29, 0.717) is 13.1 Å². The molecule has 2 amide bonds. The summed E-state index contributed by atoms with van der Waals surface area (Å²) < 4.78 is 0. The lowest BCUT2D eigenvalue weighted by Gasteiger charge is -2.35. The number of aliphatic carboxylic acids is 1. The van der Waals surface area contributed by atoms with Gasteiger partial charge in [0.05, 0.1) is 0 Å². The molecule has 0 aromatic carbocycles. The van der Waals surface area contributed by atoms with Gasteiger partial charge in [0, 0.05) is 31.8 Å². The molecule has 1 saturated heterocycles. The number of hydrogen-bond acceptors (Lipinski definition) is 3. The van der Waals surface area contributed by atoms with Crippen molar-refractivity contribution >= 4 is 17.8 Å². The number of hydrogen-bond donors (Lipinski definition) is 1. The second-order valence-corrected chi connectivity index (χ2v) is 4.08. The third-order valence-electron chi connectivity index (χ3n) is 2.55. The Kier molecular flexibility index (Phi) is 4.25. The molecule has 1 heterocycles. The largest absolute Gasteiger partial charge is 0.478 e. The van der Waals surface area contributed by atoms with Gasteiger partial charge < -0.3 is 14.9 Å². The Morgan fingerprint density at radius 2 is 2.00 bits per heavy atom. The first-order valence-corrected chi connectivity index (χ1v) is 5.43. The van der Waals surface area contributed by atoms with E-state index in [4.69, 9.17) is 5.11 Å². The van der Waals surface area contributed by atoms with Gasteiger partial charge in [-0.15, -0.1) is 0 Å². The maximum absolute atomic E-state index is 11.7. The summed E-state index contributed by atoms with van der Waals surface area (Å²) in [5, 5.41) is 8.41. The molecule has 1 rings (SSSR count). The molecule has 0 aliphatic carbocycles. The highest BCUT2D eigenvalue weighted by Crippen LogP contribution is 2.08. The number of piperazine rings is 1. The fraction of sp³-hybridized carbons (Fsp3) is 0.545. The van der Waals surface area contributed by atoms with Crippen molar-refractivity contribution in [2.45, 2.75) is 19.9 Å². The van der Waals surface area contributed by atoms with E-state index in [2.05, 4.69) is 0 Å². The number of carbonyl (C=O) groups excluding carboxylic acids is 2. The van der Waals surface area contributed by atoms with Crippen molar-refractivity contribution in [3.05, 3.63) is 12.2 Å². The molecule has 1 N–H and O–H groups in total. The van der Waals surface area contributed by atoms with E-state index < -0.39 is 17.8 Å². The van der Waals surface area contributed by atoms with Gasteiger partial charge in [-0.3, -0.25) is 9.59 Å². The van der Waals surface area contributed by atoms with Gasteiger partial charge in [-0.1, -0.05) is 6.08 Å². The number of carbonyl (C=O) groups is 3. The molecule has 1 aliphatic rings. The van der Waals surface area contributed by atoms with Gasteiger partial charge in [0.25, 0.3) is 0 Å². The number of nitrogens with zero attached hydrogens (tertiary/aromatic N) is 2. The summed E-state index contributed by atoms with van der Waals surface area (Å²) >= 11 is 0. The second-order valence-electron chi connectivity index (χ2n) is 4.08. The first-order chi connectivity index (χ1) is 7.93. The number of rotatable bonds is 4. The molecule has 0 radical (unpaired) electrons. The monoisotopic (exact) mass is 240 g/mol. The summed E-state index contributed by atoms with van der Waals surface area (Å²) in [6.45, 7) is 4.79. The molecule has 0 bridgehead atoms. The van der Waals surface area contributed by atoms with Crippen LogP contribution in [0.3, 0.4) is 0 Å². The predicted molar refractivity (Wildman–Crippen MR) is 60.2 cm³/mol. The first-order valence-electron chi connectivity index (χ1n) is 5.43. The minimum Gasteiger partial charge on any atom is -0.478 e. The van der Waals surface area contributed by atoms with E-state index in [1.807, 2.05) is 13.8 Å². The first kappa shape index (κ1) is 13.2. The van der Waals surface area contributed by atoms with Crippen LogP contribution < -0.4 is 0 Å². The highest BCUT2D eigenvalue weighted by atomic mass is 16.4. The van der Waals surface area contributed by atoms with Crippen LogP contribution in [0.4, 0.5) is 0 Å². The molecule has 0 saturated carbocycles. The smallest absolute Gasteiger partial charge is 0.328 e. The van der Waals surface area contributed by atoms with Crippen molar-refractivity contribution in [2.24, 2.45) is 0 Å². The fourth-order valence-corrected chi connectivity index (χ4v) is 1.64. The summed E-state index contributed by atoms with van der Waals surface area (Å²) in [5.41, 5.74) is 0. The molecule has 6 heteroatoms. The number of amides is 2. The highest BCUT2D eigenvalue weighted by molar-refractivity contribution is 6.35. The zero-order chi connectivity index (χ0) is 13.0. The third-order valence-corrected chi connectivity index (χ3v) is 2.55. The van der Waals surface area contributed by atoms with E-state index in [-0.39, 0.29) is 12.6 Å². The lowest BCUT2D eigenvalue weighted by molar-refractivity contribution is -0.156. The molecule has 0 aromatic rings. The summed E-state index contributed by atoms with van der Waals surface area (Å²) in [6, 6.07) is 0.00293. The van der Waals surface area contributed by atoms with Crippen LogP contribution in [0.2, 0.25) is 0 Å². The molecule has 17 heavy (non-hydrogen) atoms. The quantitative estimate of drug-likeness (QED) is 0.541. The maximum atomic E-state index is 11.7. The van der Waals surface area contributed by atoms with Crippen molar-refractivity contribution in [3.63, 3.8) is 0 Å². The van der Waals surface area contributed by atoms with E-state index in [9.17, 15) is 14.4 Å². The average Bonchev–Trinajstić information content (AvgIpc) is 2.23. The Hall–Kier alpha value is -1.85. The SMILES string of the molecule is CC(C)N1CCN(C/C=C/C(=O)O)C(=O)C1=O. The van der Waals surface area contributed by atoms with Crippen molar-refractivity contribution in [3.8, 4) is 0 Å². The van der Waals surface area contributed by atoms with E-state index in [0.717, 1.165) is 6.08 Å². The molecule has 1 aliphatic heterocycles. The maximum Gasteiger partial charge on any atom is 0.328 e. The molecule has 0 atom stereocenters. The van der Waals surface area contributed by atoms with Crippen LogP contribution in [0.1, 0.15) is 13.8 Å². The molecule has 0 spiro atoms. The van der Waals surface area contributed by atoms with Crippen LogP contribution in [0.15, 0.2) is 12.2 Å². The summed E-state index contributed by atoms with van der Waals surface area (Å²) in [4.78, 5) is 36.5. The van der Waals surface area contributed by atoms with E-state index in [1.54, 1.807) is 0 Å². The lowest BCUT2D eigenvalue weighted by Crippen LogP contribution is -2.56. The Bertz CT molecular complexity index is 362. The Morgan fingerprint density at radius 3 is 2.53 bits per heavy atom. The molecule has 0 unspecified atom stereocenters. The van der Waals surface area contributed by atoms with Gasteiger partial charge >= 0.3 is 17.8 Å². The van der Waals surface area contributed by atoms with E-state index in [1.165, 1.54) is 15.9 Å². The highest BCUT2D eigenvalue weighted by Gasteiger charge is 2.32. The standard InChI is InChI=1S/C11H16N2O4/c1-8(2)13-7-6-12(10(16)11(13)17)5-3-4-9(14)15/h3-4,8H,5-7H2,1-2H3,(H,14,15)/b4-3+. The lowest BCUT2D eigenvalue weighted by atomic mass is 10.2. The second kappa shape index (κ2) is 5.47. The van der Waals surface area contributed by atoms with Gasteiger partial charge in [0.15, 0.2) is 0 Å². The van der Waals surface area contributed by atoms with Gasteiger partial charge in [-0.2, -0.15) is 0 Å². The van der Waals surface area contributed by atoms with Gasteiger partial charge in [-0.25, -0.2) is 4.79 Å². The predicted octanol–water partition coefficient (Wildman–Crippen LogP) is -0.294. The molecule has 1 fully saturated rings.